The average molecular weight is 353 g/mol. The highest BCUT2D eigenvalue weighted by atomic mass is 35.5. The number of hydrazone groups is 1. The first-order valence-electron chi connectivity index (χ1n) is 7.86. The van der Waals surface area contributed by atoms with Crippen LogP contribution in [0.15, 0.2) is 71.8 Å². The van der Waals surface area contributed by atoms with Gasteiger partial charge in [-0.1, -0.05) is 60.1 Å². The second-order valence-electron chi connectivity index (χ2n) is 5.52. The summed E-state index contributed by atoms with van der Waals surface area (Å²) >= 11 is 5.83. The van der Waals surface area contributed by atoms with Crippen molar-refractivity contribution in [2.75, 3.05) is 0 Å². The summed E-state index contributed by atoms with van der Waals surface area (Å²) in [6.45, 7) is 1.69. The van der Waals surface area contributed by atoms with Gasteiger partial charge in [-0.25, -0.2) is 5.43 Å². The fourth-order valence-electron chi connectivity index (χ4n) is 2.35. The lowest BCUT2D eigenvalue weighted by Gasteiger charge is -2.14. The summed E-state index contributed by atoms with van der Waals surface area (Å²) in [6, 6.07) is 20.8. The minimum Gasteiger partial charge on any atom is -0.480 e. The minimum absolute atomic E-state index is 0.321. The zero-order valence-electron chi connectivity index (χ0n) is 13.6. The van der Waals surface area contributed by atoms with E-state index in [2.05, 4.69) is 10.5 Å². The van der Waals surface area contributed by atoms with Crippen molar-refractivity contribution in [3.8, 4) is 5.75 Å². The molecule has 25 heavy (non-hydrogen) atoms. The number of hydrogen-bond donors (Lipinski definition) is 1. The van der Waals surface area contributed by atoms with Gasteiger partial charge in [-0.3, -0.25) is 4.79 Å². The van der Waals surface area contributed by atoms with E-state index in [0.717, 1.165) is 16.3 Å². The highest BCUT2D eigenvalue weighted by Crippen LogP contribution is 2.26. The number of fused-ring (bicyclic) bond motifs is 1. The largest absolute Gasteiger partial charge is 0.480 e. The number of carbonyl (C=O) groups excluding carboxylic acids is 1. The molecular formula is C20H17ClN2O2. The monoisotopic (exact) mass is 352 g/mol. The molecule has 0 aromatic heterocycles. The SMILES string of the molecule is C[C@H](Oc1cccc2ccccc12)C(=O)N/N=C\c1ccc(Cl)cc1. The summed E-state index contributed by atoms with van der Waals surface area (Å²) in [5.41, 5.74) is 3.33. The fourth-order valence-corrected chi connectivity index (χ4v) is 2.48. The molecular weight excluding hydrogens is 336 g/mol. The number of rotatable bonds is 5. The third kappa shape index (κ3) is 4.37. The van der Waals surface area contributed by atoms with Crippen LogP contribution in [0.4, 0.5) is 0 Å². The number of nitrogens with one attached hydrogen (secondary N) is 1. The van der Waals surface area contributed by atoms with Crippen molar-refractivity contribution < 1.29 is 9.53 Å². The molecule has 0 saturated carbocycles. The second-order valence-corrected chi connectivity index (χ2v) is 5.96. The molecule has 0 heterocycles. The number of carbonyl (C=O) groups is 1. The summed E-state index contributed by atoms with van der Waals surface area (Å²) in [5, 5.41) is 6.63. The lowest BCUT2D eigenvalue weighted by Crippen LogP contribution is -2.33. The highest BCUT2D eigenvalue weighted by molar-refractivity contribution is 6.30. The molecule has 0 aliphatic carbocycles. The fraction of sp³-hybridized carbons (Fsp3) is 0.100. The lowest BCUT2D eigenvalue weighted by atomic mass is 10.1. The molecule has 0 aliphatic rings. The van der Waals surface area contributed by atoms with Gasteiger partial charge in [-0.2, -0.15) is 5.10 Å². The van der Waals surface area contributed by atoms with Crippen LogP contribution in [0.1, 0.15) is 12.5 Å². The number of nitrogens with zero attached hydrogens (tertiary/aromatic N) is 1. The quantitative estimate of drug-likeness (QED) is 0.546. The number of halogens is 1. The first kappa shape index (κ1) is 17.0. The molecule has 0 unspecified atom stereocenters. The van der Waals surface area contributed by atoms with Crippen molar-refractivity contribution >= 4 is 34.5 Å². The third-order valence-electron chi connectivity index (χ3n) is 3.68. The predicted molar refractivity (Wildman–Crippen MR) is 101 cm³/mol. The highest BCUT2D eigenvalue weighted by Gasteiger charge is 2.15. The van der Waals surface area contributed by atoms with E-state index in [9.17, 15) is 4.79 Å². The average Bonchev–Trinajstić information content (AvgIpc) is 2.63. The molecule has 1 atom stereocenters. The van der Waals surface area contributed by atoms with Crippen molar-refractivity contribution in [3.63, 3.8) is 0 Å². The Bertz CT molecular complexity index is 902. The van der Waals surface area contributed by atoms with E-state index >= 15 is 0 Å². The van der Waals surface area contributed by atoms with Crippen LogP contribution in [0, 0.1) is 0 Å². The summed E-state index contributed by atoms with van der Waals surface area (Å²) < 4.78 is 5.80. The maximum absolute atomic E-state index is 12.2. The van der Waals surface area contributed by atoms with Gasteiger partial charge in [0.15, 0.2) is 6.10 Å². The zero-order chi connectivity index (χ0) is 17.6. The molecule has 3 rings (SSSR count). The van der Waals surface area contributed by atoms with Crippen LogP contribution in [0.2, 0.25) is 5.02 Å². The molecule has 0 aliphatic heterocycles. The van der Waals surface area contributed by atoms with Gasteiger partial charge in [0.2, 0.25) is 0 Å². The van der Waals surface area contributed by atoms with Gasteiger partial charge in [-0.15, -0.1) is 0 Å². The van der Waals surface area contributed by atoms with Crippen LogP contribution in [-0.4, -0.2) is 18.2 Å². The van der Waals surface area contributed by atoms with Crippen molar-refractivity contribution in [3.05, 3.63) is 77.3 Å². The van der Waals surface area contributed by atoms with Gasteiger partial charge >= 0.3 is 0 Å². The maximum atomic E-state index is 12.2. The first-order chi connectivity index (χ1) is 12.1. The Hall–Kier alpha value is -2.85. The van der Waals surface area contributed by atoms with Gasteiger partial charge in [0.05, 0.1) is 6.21 Å². The lowest BCUT2D eigenvalue weighted by molar-refractivity contribution is -0.127. The van der Waals surface area contributed by atoms with E-state index in [1.54, 1.807) is 25.3 Å². The Balaban J connectivity index is 1.63. The standard InChI is InChI=1S/C20H17ClN2O2/c1-14(20(24)23-22-13-15-9-11-17(21)12-10-15)25-19-8-4-6-16-5-2-3-7-18(16)19/h2-14H,1H3,(H,23,24)/b22-13-/t14-/m0/s1. The Kier molecular flexibility index (Phi) is 5.31. The molecule has 0 radical (unpaired) electrons. The summed E-state index contributed by atoms with van der Waals surface area (Å²) in [5.74, 6) is 0.348. The van der Waals surface area contributed by atoms with Gasteiger partial charge in [0.1, 0.15) is 5.75 Å². The summed E-state index contributed by atoms with van der Waals surface area (Å²) in [6.07, 6.45) is 0.881. The molecule has 0 bridgehead atoms. The number of benzene rings is 3. The number of hydrogen-bond acceptors (Lipinski definition) is 3. The zero-order valence-corrected chi connectivity index (χ0v) is 14.4. The first-order valence-corrected chi connectivity index (χ1v) is 8.24. The minimum atomic E-state index is -0.673. The molecule has 1 N–H and O–H groups in total. The van der Waals surface area contributed by atoms with Crippen LogP contribution in [0.25, 0.3) is 10.8 Å². The van der Waals surface area contributed by atoms with E-state index in [4.69, 9.17) is 16.3 Å². The van der Waals surface area contributed by atoms with Crippen LogP contribution in [-0.2, 0) is 4.79 Å². The van der Waals surface area contributed by atoms with Gasteiger partial charge in [-0.05, 0) is 36.1 Å². The third-order valence-corrected chi connectivity index (χ3v) is 3.93. The van der Waals surface area contributed by atoms with E-state index < -0.39 is 6.10 Å². The maximum Gasteiger partial charge on any atom is 0.280 e. The molecule has 126 valence electrons. The van der Waals surface area contributed by atoms with E-state index in [1.165, 1.54) is 0 Å². The van der Waals surface area contributed by atoms with Gasteiger partial charge < -0.3 is 4.74 Å². The van der Waals surface area contributed by atoms with Crippen molar-refractivity contribution in [1.29, 1.82) is 0 Å². The van der Waals surface area contributed by atoms with Crippen LogP contribution in [0.3, 0.4) is 0 Å². The Morgan fingerprint density at radius 3 is 2.60 bits per heavy atom. The number of ether oxygens (including phenoxy) is 1. The van der Waals surface area contributed by atoms with Gasteiger partial charge in [0, 0.05) is 10.4 Å². The molecule has 0 spiro atoms. The van der Waals surface area contributed by atoms with E-state index in [-0.39, 0.29) is 5.91 Å². The van der Waals surface area contributed by atoms with E-state index in [1.807, 2.05) is 54.6 Å². The molecule has 4 nitrogen and oxygen atoms in total. The molecule has 3 aromatic rings. The molecule has 0 saturated heterocycles. The topological polar surface area (TPSA) is 50.7 Å². The smallest absolute Gasteiger partial charge is 0.280 e. The van der Waals surface area contributed by atoms with Crippen LogP contribution < -0.4 is 10.2 Å². The molecule has 0 fully saturated rings. The van der Waals surface area contributed by atoms with Crippen molar-refractivity contribution in [1.82, 2.24) is 5.43 Å². The summed E-state index contributed by atoms with van der Waals surface area (Å²) in [7, 11) is 0. The Morgan fingerprint density at radius 2 is 1.80 bits per heavy atom. The summed E-state index contributed by atoms with van der Waals surface area (Å²) in [4.78, 5) is 12.2. The molecule has 3 aromatic carbocycles. The van der Waals surface area contributed by atoms with Crippen molar-refractivity contribution in [2.45, 2.75) is 13.0 Å². The van der Waals surface area contributed by atoms with Crippen LogP contribution >= 0.6 is 11.6 Å². The Labute approximate surface area is 151 Å². The second kappa shape index (κ2) is 7.81. The predicted octanol–water partition coefficient (Wildman–Crippen LogP) is 4.41. The van der Waals surface area contributed by atoms with Crippen LogP contribution in [0.5, 0.6) is 5.75 Å². The van der Waals surface area contributed by atoms with E-state index in [0.29, 0.717) is 10.8 Å². The van der Waals surface area contributed by atoms with Crippen molar-refractivity contribution in [2.24, 2.45) is 5.10 Å². The number of amides is 1. The molecule has 1 amide bonds. The van der Waals surface area contributed by atoms with Gasteiger partial charge in [0.25, 0.3) is 5.91 Å². The Morgan fingerprint density at radius 1 is 1.08 bits per heavy atom. The molecule has 5 heteroatoms. The normalized spacial score (nSPS) is 12.2.